The van der Waals surface area contributed by atoms with Crippen molar-refractivity contribution in [2.75, 3.05) is 13.1 Å². The molecule has 1 aliphatic heterocycles. The van der Waals surface area contributed by atoms with Crippen LogP contribution in [-0.4, -0.2) is 35.1 Å². The summed E-state index contributed by atoms with van der Waals surface area (Å²) in [5, 5.41) is 0. The number of pyridine rings is 1. The maximum absolute atomic E-state index is 13.0. The van der Waals surface area contributed by atoms with Gasteiger partial charge in [-0.3, -0.25) is 9.78 Å². The first-order valence-electron chi connectivity index (χ1n) is 6.48. The number of carbonyl (C=O) groups excluding carboxylic acids is 1. The fourth-order valence-corrected chi connectivity index (χ4v) is 2.81. The molecule has 0 radical (unpaired) electrons. The third-order valence-electron chi connectivity index (χ3n) is 3.84. The first-order chi connectivity index (χ1) is 9.22. The molecule has 1 amide bonds. The Balaban J connectivity index is 2.14. The fourth-order valence-electron chi connectivity index (χ4n) is 2.81. The summed E-state index contributed by atoms with van der Waals surface area (Å²) < 4.78 is 38.9. The van der Waals surface area contributed by atoms with Crippen molar-refractivity contribution >= 4 is 5.91 Å². The van der Waals surface area contributed by atoms with Crippen LogP contribution in [0.15, 0.2) is 24.5 Å². The Kier molecular flexibility index (Phi) is 3.75. The van der Waals surface area contributed by atoms with Gasteiger partial charge in [-0.15, -0.1) is 0 Å². The molecule has 1 aliphatic rings. The Morgan fingerprint density at radius 3 is 2.45 bits per heavy atom. The van der Waals surface area contributed by atoms with Gasteiger partial charge in [0.25, 0.3) is 5.91 Å². The van der Waals surface area contributed by atoms with Crippen LogP contribution in [0.5, 0.6) is 0 Å². The summed E-state index contributed by atoms with van der Waals surface area (Å²) >= 11 is 0. The van der Waals surface area contributed by atoms with Gasteiger partial charge >= 0.3 is 6.18 Å². The highest BCUT2D eigenvalue weighted by Gasteiger charge is 2.51. The first-order valence-corrected chi connectivity index (χ1v) is 6.48. The lowest BCUT2D eigenvalue weighted by Gasteiger charge is -2.44. The largest absolute Gasteiger partial charge is 0.392 e. The summed E-state index contributed by atoms with van der Waals surface area (Å²) in [6, 6.07) is 3.15. The molecular weight excluding hydrogens is 269 g/mol. The molecule has 0 N–H and O–H groups in total. The van der Waals surface area contributed by atoms with Gasteiger partial charge in [-0.25, -0.2) is 0 Å². The molecule has 1 saturated heterocycles. The maximum Gasteiger partial charge on any atom is 0.392 e. The summed E-state index contributed by atoms with van der Waals surface area (Å²) in [7, 11) is 0. The number of piperidine rings is 1. The Morgan fingerprint density at radius 2 is 1.95 bits per heavy atom. The van der Waals surface area contributed by atoms with Gasteiger partial charge in [-0.05, 0) is 24.0 Å². The van der Waals surface area contributed by atoms with E-state index >= 15 is 0 Å². The molecule has 20 heavy (non-hydrogen) atoms. The van der Waals surface area contributed by atoms with Crippen molar-refractivity contribution in [3.63, 3.8) is 0 Å². The van der Waals surface area contributed by atoms with E-state index in [2.05, 4.69) is 4.98 Å². The first kappa shape index (κ1) is 14.8. The summed E-state index contributed by atoms with van der Waals surface area (Å²) in [6.07, 6.45) is -1.26. The van der Waals surface area contributed by atoms with Crippen LogP contribution in [0.25, 0.3) is 0 Å². The summed E-state index contributed by atoms with van der Waals surface area (Å²) in [6.45, 7) is 3.38. The number of amides is 1. The number of likely N-dealkylation sites (tertiary alicyclic amines) is 1. The lowest BCUT2D eigenvalue weighted by Crippen LogP contribution is -2.52. The van der Waals surface area contributed by atoms with Gasteiger partial charge in [0.05, 0.1) is 5.92 Å². The van der Waals surface area contributed by atoms with Crippen LogP contribution in [0.2, 0.25) is 0 Å². The van der Waals surface area contributed by atoms with E-state index in [0.717, 1.165) is 0 Å². The van der Waals surface area contributed by atoms with Crippen LogP contribution in [0.4, 0.5) is 13.2 Å². The summed E-state index contributed by atoms with van der Waals surface area (Å²) in [4.78, 5) is 17.6. The number of hydrogen-bond donors (Lipinski definition) is 0. The van der Waals surface area contributed by atoms with E-state index in [4.69, 9.17) is 0 Å². The van der Waals surface area contributed by atoms with Gasteiger partial charge in [-0.1, -0.05) is 13.8 Å². The van der Waals surface area contributed by atoms with Gasteiger partial charge in [0.15, 0.2) is 0 Å². The number of rotatable bonds is 1. The third-order valence-corrected chi connectivity index (χ3v) is 3.84. The molecule has 1 unspecified atom stereocenters. The van der Waals surface area contributed by atoms with Crippen molar-refractivity contribution in [2.24, 2.45) is 11.3 Å². The van der Waals surface area contributed by atoms with E-state index in [9.17, 15) is 18.0 Å². The van der Waals surface area contributed by atoms with Crippen LogP contribution >= 0.6 is 0 Å². The quantitative estimate of drug-likeness (QED) is 0.794. The molecule has 0 bridgehead atoms. The average Bonchev–Trinajstić information content (AvgIpc) is 2.36. The molecule has 1 aromatic rings. The second-order valence-corrected chi connectivity index (χ2v) is 5.83. The molecule has 2 heterocycles. The van der Waals surface area contributed by atoms with Crippen molar-refractivity contribution in [2.45, 2.75) is 26.4 Å². The SMILES string of the molecule is CC1(C)CN(C(=O)c2ccncc2)CCC1C(F)(F)F. The zero-order chi connectivity index (χ0) is 15.0. The fraction of sp³-hybridized carbons (Fsp3) is 0.571. The molecule has 1 fully saturated rings. The zero-order valence-corrected chi connectivity index (χ0v) is 11.4. The highest BCUT2D eigenvalue weighted by atomic mass is 19.4. The standard InChI is InChI=1S/C14H17F3N2O/c1-13(2)9-19(8-5-11(13)14(15,16)17)12(20)10-3-6-18-7-4-10/h3-4,6-7,11H,5,8-9H2,1-2H3. The molecule has 0 aliphatic carbocycles. The Labute approximate surface area is 115 Å². The van der Waals surface area contributed by atoms with Crippen molar-refractivity contribution in [3.05, 3.63) is 30.1 Å². The van der Waals surface area contributed by atoms with E-state index < -0.39 is 17.5 Å². The number of nitrogens with zero attached hydrogens (tertiary/aromatic N) is 2. The van der Waals surface area contributed by atoms with E-state index in [1.807, 2.05) is 0 Å². The third kappa shape index (κ3) is 2.94. The zero-order valence-electron chi connectivity index (χ0n) is 11.4. The minimum Gasteiger partial charge on any atom is -0.338 e. The highest BCUT2D eigenvalue weighted by molar-refractivity contribution is 5.94. The molecular formula is C14H17F3N2O. The Morgan fingerprint density at radius 1 is 1.35 bits per heavy atom. The maximum atomic E-state index is 13.0. The van der Waals surface area contributed by atoms with Gasteiger partial charge in [0.2, 0.25) is 0 Å². The van der Waals surface area contributed by atoms with Gasteiger partial charge in [-0.2, -0.15) is 13.2 Å². The van der Waals surface area contributed by atoms with Crippen LogP contribution in [0, 0.1) is 11.3 Å². The van der Waals surface area contributed by atoms with Crippen LogP contribution in [0.3, 0.4) is 0 Å². The lowest BCUT2D eigenvalue weighted by atomic mass is 9.73. The number of aromatic nitrogens is 1. The molecule has 6 heteroatoms. The monoisotopic (exact) mass is 286 g/mol. The van der Waals surface area contributed by atoms with Crippen LogP contribution in [-0.2, 0) is 0 Å². The molecule has 3 nitrogen and oxygen atoms in total. The minimum atomic E-state index is -4.21. The number of carbonyl (C=O) groups is 1. The van der Waals surface area contributed by atoms with Gasteiger partial charge in [0.1, 0.15) is 0 Å². The molecule has 0 spiro atoms. The molecule has 1 atom stereocenters. The van der Waals surface area contributed by atoms with Crippen molar-refractivity contribution in [1.82, 2.24) is 9.88 Å². The number of alkyl halides is 3. The van der Waals surface area contributed by atoms with Crippen molar-refractivity contribution in [3.8, 4) is 0 Å². The second kappa shape index (κ2) is 5.07. The predicted molar refractivity (Wildman–Crippen MR) is 68.1 cm³/mol. The van der Waals surface area contributed by atoms with Crippen LogP contribution < -0.4 is 0 Å². The topological polar surface area (TPSA) is 33.2 Å². The highest BCUT2D eigenvalue weighted by Crippen LogP contribution is 2.45. The van der Waals surface area contributed by atoms with E-state index in [1.54, 1.807) is 26.0 Å². The van der Waals surface area contributed by atoms with Gasteiger partial charge in [0, 0.05) is 31.0 Å². The molecule has 1 aromatic heterocycles. The molecule has 2 rings (SSSR count). The van der Waals surface area contributed by atoms with Crippen LogP contribution in [0.1, 0.15) is 30.6 Å². The van der Waals surface area contributed by atoms with E-state index in [-0.39, 0.29) is 25.4 Å². The van der Waals surface area contributed by atoms with E-state index in [0.29, 0.717) is 5.56 Å². The predicted octanol–water partition coefficient (Wildman–Crippen LogP) is 3.13. The average molecular weight is 286 g/mol. The second-order valence-electron chi connectivity index (χ2n) is 5.83. The minimum absolute atomic E-state index is 0.0483. The van der Waals surface area contributed by atoms with Gasteiger partial charge < -0.3 is 4.90 Å². The molecule has 0 aromatic carbocycles. The molecule has 0 saturated carbocycles. The number of halogens is 3. The Hall–Kier alpha value is -1.59. The lowest BCUT2D eigenvalue weighted by molar-refractivity contribution is -0.214. The summed E-state index contributed by atoms with van der Waals surface area (Å²) in [5.41, 5.74) is -0.514. The van der Waals surface area contributed by atoms with Crippen molar-refractivity contribution < 1.29 is 18.0 Å². The molecule has 110 valence electrons. The smallest absolute Gasteiger partial charge is 0.338 e. The van der Waals surface area contributed by atoms with Crippen molar-refractivity contribution in [1.29, 1.82) is 0 Å². The normalized spacial score (nSPS) is 22.6. The van der Waals surface area contributed by atoms with E-state index in [1.165, 1.54) is 17.3 Å². The number of hydrogen-bond acceptors (Lipinski definition) is 2. The summed E-state index contributed by atoms with van der Waals surface area (Å²) in [5.74, 6) is -1.60. The Bertz CT molecular complexity index is 485.